The molecular formula is C16H26O4. The molecule has 4 nitrogen and oxygen atoms in total. The van der Waals surface area contributed by atoms with E-state index in [1.165, 1.54) is 0 Å². The van der Waals surface area contributed by atoms with Gasteiger partial charge >= 0.3 is 11.9 Å². The number of rotatable bonds is 9. The van der Waals surface area contributed by atoms with Crippen LogP contribution in [0.15, 0.2) is 24.3 Å². The molecule has 0 aromatic carbocycles. The van der Waals surface area contributed by atoms with Gasteiger partial charge in [0.15, 0.2) is 0 Å². The molecule has 4 heteroatoms. The van der Waals surface area contributed by atoms with Gasteiger partial charge in [-0.15, -0.1) is 0 Å². The Morgan fingerprint density at radius 2 is 1.35 bits per heavy atom. The Labute approximate surface area is 121 Å². The third kappa shape index (κ3) is 6.04. The summed E-state index contributed by atoms with van der Waals surface area (Å²) in [6.45, 7) is 14.2. The molecule has 0 aromatic heterocycles. The van der Waals surface area contributed by atoms with Gasteiger partial charge < -0.3 is 9.47 Å². The Morgan fingerprint density at radius 1 is 0.900 bits per heavy atom. The van der Waals surface area contributed by atoms with Crippen LogP contribution in [0.2, 0.25) is 0 Å². The van der Waals surface area contributed by atoms with E-state index in [9.17, 15) is 9.59 Å². The smallest absolute Gasteiger partial charge is 0.336 e. The SMILES string of the molecule is C=C(C)C(=O)OC(CCC)(CCCC)OC(=O)C(=C)C. The van der Waals surface area contributed by atoms with E-state index in [1.807, 2.05) is 13.8 Å². The van der Waals surface area contributed by atoms with Gasteiger partial charge in [-0.1, -0.05) is 33.4 Å². The van der Waals surface area contributed by atoms with Crippen molar-refractivity contribution < 1.29 is 19.1 Å². The molecule has 0 bridgehead atoms. The van der Waals surface area contributed by atoms with Gasteiger partial charge in [0.1, 0.15) is 0 Å². The highest BCUT2D eigenvalue weighted by Crippen LogP contribution is 2.29. The van der Waals surface area contributed by atoms with E-state index in [1.54, 1.807) is 13.8 Å². The van der Waals surface area contributed by atoms with Crippen LogP contribution < -0.4 is 0 Å². The van der Waals surface area contributed by atoms with Crippen molar-refractivity contribution in [3.63, 3.8) is 0 Å². The molecule has 0 aromatic rings. The molecule has 0 atom stereocenters. The molecule has 0 aliphatic carbocycles. The fourth-order valence-electron chi connectivity index (χ4n) is 1.69. The van der Waals surface area contributed by atoms with Crippen molar-refractivity contribution in [2.24, 2.45) is 0 Å². The van der Waals surface area contributed by atoms with Gasteiger partial charge in [0.25, 0.3) is 5.79 Å². The van der Waals surface area contributed by atoms with E-state index in [0.29, 0.717) is 12.8 Å². The second-order valence-electron chi connectivity index (χ2n) is 5.10. The van der Waals surface area contributed by atoms with Crippen LogP contribution >= 0.6 is 0 Å². The third-order valence-corrected chi connectivity index (χ3v) is 2.80. The average Bonchev–Trinajstić information content (AvgIpc) is 2.36. The predicted octanol–water partition coefficient (Wildman–Crippen LogP) is 3.91. The fraction of sp³-hybridized carbons (Fsp3) is 0.625. The number of carbonyl (C=O) groups excluding carboxylic acids is 2. The first kappa shape index (κ1) is 18.4. The van der Waals surface area contributed by atoms with Crippen molar-refractivity contribution in [3.8, 4) is 0 Å². The Kier molecular flexibility index (Phi) is 7.89. The van der Waals surface area contributed by atoms with E-state index in [4.69, 9.17) is 9.47 Å². The van der Waals surface area contributed by atoms with Crippen LogP contribution in [0.4, 0.5) is 0 Å². The quantitative estimate of drug-likeness (QED) is 0.365. The molecule has 0 aliphatic heterocycles. The lowest BCUT2D eigenvalue weighted by molar-refractivity contribution is -0.229. The van der Waals surface area contributed by atoms with Crippen LogP contribution in [0.3, 0.4) is 0 Å². The average molecular weight is 282 g/mol. The molecule has 0 fully saturated rings. The molecule has 0 amide bonds. The zero-order valence-corrected chi connectivity index (χ0v) is 13.1. The summed E-state index contributed by atoms with van der Waals surface area (Å²) in [5, 5.41) is 0. The van der Waals surface area contributed by atoms with Crippen LogP contribution in [0, 0.1) is 0 Å². The molecule has 0 heterocycles. The molecule has 20 heavy (non-hydrogen) atoms. The molecule has 0 N–H and O–H groups in total. The summed E-state index contributed by atoms with van der Waals surface area (Å²) in [6.07, 6.45) is 3.39. The number of hydrogen-bond acceptors (Lipinski definition) is 4. The largest absolute Gasteiger partial charge is 0.419 e. The minimum atomic E-state index is -1.21. The molecule has 0 rings (SSSR count). The maximum atomic E-state index is 11.8. The second kappa shape index (κ2) is 8.56. The van der Waals surface area contributed by atoms with Gasteiger partial charge in [-0.3, -0.25) is 0 Å². The zero-order chi connectivity index (χ0) is 15.8. The van der Waals surface area contributed by atoms with E-state index in [0.717, 1.165) is 19.3 Å². The summed E-state index contributed by atoms with van der Waals surface area (Å²) in [4.78, 5) is 23.6. The van der Waals surface area contributed by atoms with Crippen molar-refractivity contribution in [3.05, 3.63) is 24.3 Å². The Bertz CT molecular complexity index is 354. The van der Waals surface area contributed by atoms with Gasteiger partial charge in [0, 0.05) is 24.0 Å². The Morgan fingerprint density at radius 3 is 1.65 bits per heavy atom. The lowest BCUT2D eigenvalue weighted by Crippen LogP contribution is -2.40. The lowest BCUT2D eigenvalue weighted by atomic mass is 10.0. The molecular weight excluding hydrogens is 256 g/mol. The van der Waals surface area contributed by atoms with Crippen molar-refractivity contribution >= 4 is 11.9 Å². The molecule has 0 saturated heterocycles. The molecule has 0 spiro atoms. The highest BCUT2D eigenvalue weighted by Gasteiger charge is 2.37. The first-order chi connectivity index (χ1) is 9.28. The summed E-state index contributed by atoms with van der Waals surface area (Å²) in [7, 11) is 0. The zero-order valence-electron chi connectivity index (χ0n) is 13.1. The van der Waals surface area contributed by atoms with Gasteiger partial charge in [-0.2, -0.15) is 0 Å². The number of ether oxygens (including phenoxy) is 2. The minimum Gasteiger partial charge on any atom is -0.419 e. The van der Waals surface area contributed by atoms with E-state index >= 15 is 0 Å². The van der Waals surface area contributed by atoms with Gasteiger partial charge in [-0.25, -0.2) is 9.59 Å². The topological polar surface area (TPSA) is 52.6 Å². The first-order valence-corrected chi connectivity index (χ1v) is 7.05. The standard InChI is InChI=1S/C16H26O4/c1-7-9-11-16(10-8-2,19-14(17)12(3)4)20-15(18)13(5)6/h3,5,7-11H2,1-2,4,6H3. The van der Waals surface area contributed by atoms with Crippen LogP contribution in [0.25, 0.3) is 0 Å². The molecule has 0 aliphatic rings. The van der Waals surface area contributed by atoms with Gasteiger partial charge in [-0.05, 0) is 26.7 Å². The lowest BCUT2D eigenvalue weighted by Gasteiger charge is -2.33. The van der Waals surface area contributed by atoms with Crippen molar-refractivity contribution in [2.45, 2.75) is 65.6 Å². The monoisotopic (exact) mass is 282 g/mol. The van der Waals surface area contributed by atoms with Crippen LogP contribution in [0.1, 0.15) is 59.8 Å². The van der Waals surface area contributed by atoms with E-state index < -0.39 is 17.7 Å². The molecule has 0 radical (unpaired) electrons. The normalized spacial score (nSPS) is 10.8. The fourth-order valence-corrected chi connectivity index (χ4v) is 1.69. The number of esters is 2. The van der Waals surface area contributed by atoms with Crippen LogP contribution in [-0.2, 0) is 19.1 Å². The number of carbonyl (C=O) groups is 2. The summed E-state index contributed by atoms with van der Waals surface area (Å²) < 4.78 is 10.9. The second-order valence-corrected chi connectivity index (χ2v) is 5.10. The summed E-state index contributed by atoms with van der Waals surface area (Å²) in [5.41, 5.74) is 0.571. The Hall–Kier alpha value is -1.58. The van der Waals surface area contributed by atoms with Gasteiger partial charge in [0.05, 0.1) is 0 Å². The summed E-state index contributed by atoms with van der Waals surface area (Å²) >= 11 is 0. The van der Waals surface area contributed by atoms with Crippen LogP contribution in [0.5, 0.6) is 0 Å². The van der Waals surface area contributed by atoms with Crippen molar-refractivity contribution in [2.75, 3.05) is 0 Å². The van der Waals surface area contributed by atoms with Crippen LogP contribution in [-0.4, -0.2) is 17.7 Å². The molecule has 0 saturated carbocycles. The third-order valence-electron chi connectivity index (χ3n) is 2.80. The summed E-state index contributed by atoms with van der Waals surface area (Å²) in [6, 6.07) is 0. The number of hydrogen-bond donors (Lipinski definition) is 0. The molecule has 0 unspecified atom stereocenters. The first-order valence-electron chi connectivity index (χ1n) is 7.05. The maximum absolute atomic E-state index is 11.8. The van der Waals surface area contributed by atoms with E-state index in [-0.39, 0.29) is 11.1 Å². The summed E-state index contributed by atoms with van der Waals surface area (Å²) in [5.74, 6) is -2.29. The highest BCUT2D eigenvalue weighted by molar-refractivity contribution is 5.89. The predicted molar refractivity (Wildman–Crippen MR) is 79.0 cm³/mol. The van der Waals surface area contributed by atoms with Gasteiger partial charge in [0.2, 0.25) is 0 Å². The molecule has 114 valence electrons. The highest BCUT2D eigenvalue weighted by atomic mass is 16.7. The maximum Gasteiger partial charge on any atom is 0.336 e. The minimum absolute atomic E-state index is 0.286. The van der Waals surface area contributed by atoms with Crippen molar-refractivity contribution in [1.29, 1.82) is 0 Å². The Balaban J connectivity index is 5.21. The number of unbranched alkanes of at least 4 members (excludes halogenated alkanes) is 1. The van der Waals surface area contributed by atoms with Crippen molar-refractivity contribution in [1.82, 2.24) is 0 Å². The van der Waals surface area contributed by atoms with E-state index in [2.05, 4.69) is 13.2 Å².